The SMILES string of the molecule is CC[C@@H](C)c1nc2ccc(Br)cc2c(=O)n1N=Cc1c(C)n(CC(=O)Nc2ccc(C)cc2)c2ccccc12. The zero-order valence-corrected chi connectivity index (χ0v) is 24.0. The van der Waals surface area contributed by atoms with Crippen molar-refractivity contribution < 1.29 is 4.79 Å². The highest BCUT2D eigenvalue weighted by atomic mass is 79.9. The Bertz CT molecular complexity index is 1780. The summed E-state index contributed by atoms with van der Waals surface area (Å²) in [5.74, 6) is 0.536. The first-order chi connectivity index (χ1) is 18.8. The fourth-order valence-electron chi connectivity index (χ4n) is 4.70. The molecule has 2 aromatic heterocycles. The van der Waals surface area contributed by atoms with Crippen LogP contribution in [0.2, 0.25) is 0 Å². The molecule has 7 nitrogen and oxygen atoms in total. The van der Waals surface area contributed by atoms with Crippen LogP contribution in [-0.2, 0) is 11.3 Å². The molecule has 0 bridgehead atoms. The number of nitrogens with zero attached hydrogens (tertiary/aromatic N) is 4. The van der Waals surface area contributed by atoms with Crippen molar-refractivity contribution in [3.63, 3.8) is 0 Å². The molecule has 1 N–H and O–H groups in total. The molecule has 5 rings (SSSR count). The average Bonchev–Trinajstić information content (AvgIpc) is 3.19. The highest BCUT2D eigenvalue weighted by Gasteiger charge is 2.18. The maximum Gasteiger partial charge on any atom is 0.282 e. The molecule has 3 aromatic carbocycles. The topological polar surface area (TPSA) is 81.3 Å². The monoisotopic (exact) mass is 583 g/mol. The van der Waals surface area contributed by atoms with Crippen LogP contribution in [0.3, 0.4) is 0 Å². The van der Waals surface area contributed by atoms with E-state index in [1.165, 1.54) is 4.68 Å². The Morgan fingerprint density at radius 2 is 1.82 bits per heavy atom. The first-order valence-corrected chi connectivity index (χ1v) is 13.8. The number of carbonyl (C=O) groups is 1. The van der Waals surface area contributed by atoms with Crippen LogP contribution >= 0.6 is 15.9 Å². The molecule has 1 amide bonds. The lowest BCUT2D eigenvalue weighted by Gasteiger charge is -2.14. The molecule has 0 unspecified atom stereocenters. The van der Waals surface area contributed by atoms with Crippen molar-refractivity contribution in [3.8, 4) is 0 Å². The quantitative estimate of drug-likeness (QED) is 0.215. The lowest BCUT2D eigenvalue weighted by molar-refractivity contribution is -0.116. The molecule has 0 saturated heterocycles. The fraction of sp³-hybridized carbons (Fsp3) is 0.226. The van der Waals surface area contributed by atoms with Gasteiger partial charge in [-0.25, -0.2) is 4.98 Å². The Labute approximate surface area is 235 Å². The van der Waals surface area contributed by atoms with Gasteiger partial charge in [0.25, 0.3) is 5.56 Å². The van der Waals surface area contributed by atoms with Gasteiger partial charge in [0.2, 0.25) is 5.91 Å². The van der Waals surface area contributed by atoms with Gasteiger partial charge >= 0.3 is 0 Å². The molecule has 5 aromatic rings. The Balaban J connectivity index is 1.56. The minimum absolute atomic E-state index is 0.0378. The summed E-state index contributed by atoms with van der Waals surface area (Å²) in [5.41, 5.74) is 4.98. The van der Waals surface area contributed by atoms with Crippen LogP contribution in [0.4, 0.5) is 5.69 Å². The average molecular weight is 585 g/mol. The zero-order chi connectivity index (χ0) is 27.7. The molecule has 0 aliphatic carbocycles. The fourth-order valence-corrected chi connectivity index (χ4v) is 5.06. The third-order valence-corrected chi connectivity index (χ3v) is 7.60. The molecule has 0 fully saturated rings. The minimum atomic E-state index is -0.216. The molecular weight excluding hydrogens is 554 g/mol. The van der Waals surface area contributed by atoms with Gasteiger partial charge < -0.3 is 9.88 Å². The highest BCUT2D eigenvalue weighted by Crippen LogP contribution is 2.26. The molecule has 0 saturated carbocycles. The van der Waals surface area contributed by atoms with E-state index in [2.05, 4.69) is 28.2 Å². The summed E-state index contributed by atoms with van der Waals surface area (Å²) in [6, 6.07) is 21.2. The number of para-hydroxylation sites is 1. The number of benzene rings is 3. The van der Waals surface area contributed by atoms with Crippen molar-refractivity contribution in [1.29, 1.82) is 0 Å². The van der Waals surface area contributed by atoms with E-state index in [0.717, 1.165) is 44.3 Å². The van der Waals surface area contributed by atoms with Crippen molar-refractivity contribution in [2.45, 2.75) is 46.6 Å². The van der Waals surface area contributed by atoms with Gasteiger partial charge in [-0.2, -0.15) is 9.78 Å². The molecule has 198 valence electrons. The second kappa shape index (κ2) is 11.0. The zero-order valence-electron chi connectivity index (χ0n) is 22.4. The normalized spacial score (nSPS) is 12.4. The number of halogens is 1. The number of aromatic nitrogens is 3. The summed E-state index contributed by atoms with van der Waals surface area (Å²) in [4.78, 5) is 31.3. The van der Waals surface area contributed by atoms with Gasteiger partial charge in [0, 0.05) is 38.2 Å². The number of carbonyl (C=O) groups excluding carboxylic acids is 1. The molecule has 2 heterocycles. The van der Waals surface area contributed by atoms with E-state index in [-0.39, 0.29) is 23.9 Å². The maximum atomic E-state index is 13.6. The molecule has 0 aliphatic heterocycles. The molecule has 0 spiro atoms. The number of anilines is 1. The van der Waals surface area contributed by atoms with E-state index < -0.39 is 0 Å². The van der Waals surface area contributed by atoms with E-state index >= 15 is 0 Å². The number of aryl methyl sites for hydroxylation is 1. The summed E-state index contributed by atoms with van der Waals surface area (Å²) < 4.78 is 4.20. The van der Waals surface area contributed by atoms with Crippen molar-refractivity contribution in [2.75, 3.05) is 5.32 Å². The van der Waals surface area contributed by atoms with E-state index in [9.17, 15) is 9.59 Å². The number of nitrogens with one attached hydrogen (secondary N) is 1. The van der Waals surface area contributed by atoms with Crippen LogP contribution in [0.15, 0.2) is 81.1 Å². The van der Waals surface area contributed by atoms with Gasteiger partial charge in [-0.05, 0) is 56.7 Å². The summed E-state index contributed by atoms with van der Waals surface area (Å²) in [6.45, 7) is 8.24. The molecule has 0 radical (unpaired) electrons. The van der Waals surface area contributed by atoms with Gasteiger partial charge in [-0.3, -0.25) is 9.59 Å². The predicted octanol–water partition coefficient (Wildman–Crippen LogP) is 6.76. The van der Waals surface area contributed by atoms with Crippen LogP contribution in [0, 0.1) is 13.8 Å². The van der Waals surface area contributed by atoms with Gasteiger partial charge in [0.15, 0.2) is 0 Å². The Morgan fingerprint density at radius 1 is 1.08 bits per heavy atom. The number of rotatable bonds is 7. The van der Waals surface area contributed by atoms with Crippen molar-refractivity contribution in [1.82, 2.24) is 14.2 Å². The van der Waals surface area contributed by atoms with Crippen LogP contribution in [0.5, 0.6) is 0 Å². The standard InChI is InChI=1S/C31H30BrN5O2/c1-5-20(3)30-35-27-15-12-22(32)16-25(27)31(39)37(30)33-17-26-21(4)36(28-9-7-6-8-24(26)28)18-29(38)34-23-13-10-19(2)11-14-23/h6-17,20H,5,18H2,1-4H3,(H,34,38)/t20-/m1/s1. The highest BCUT2D eigenvalue weighted by molar-refractivity contribution is 9.10. The smallest absolute Gasteiger partial charge is 0.282 e. The van der Waals surface area contributed by atoms with Crippen molar-refractivity contribution >= 4 is 55.5 Å². The van der Waals surface area contributed by atoms with Crippen LogP contribution in [0.25, 0.3) is 21.8 Å². The van der Waals surface area contributed by atoms with Crippen LogP contribution in [-0.4, -0.2) is 26.3 Å². The first kappa shape index (κ1) is 26.6. The predicted molar refractivity (Wildman–Crippen MR) is 162 cm³/mol. The largest absolute Gasteiger partial charge is 0.335 e. The molecule has 39 heavy (non-hydrogen) atoms. The van der Waals surface area contributed by atoms with Gasteiger partial charge in [0.05, 0.1) is 17.1 Å². The second-order valence-corrected chi connectivity index (χ2v) is 10.7. The van der Waals surface area contributed by atoms with Gasteiger partial charge in [0.1, 0.15) is 12.4 Å². The Morgan fingerprint density at radius 3 is 2.56 bits per heavy atom. The van der Waals surface area contributed by atoms with E-state index in [1.54, 1.807) is 12.3 Å². The number of fused-ring (bicyclic) bond motifs is 2. The summed E-state index contributed by atoms with van der Waals surface area (Å²) in [6.07, 6.45) is 2.53. The third-order valence-electron chi connectivity index (χ3n) is 7.11. The van der Waals surface area contributed by atoms with Gasteiger partial charge in [-0.15, -0.1) is 0 Å². The summed E-state index contributed by atoms with van der Waals surface area (Å²) in [5, 5.41) is 9.13. The Hall–Kier alpha value is -4.04. The number of hydrogen-bond donors (Lipinski definition) is 1. The lowest BCUT2D eigenvalue weighted by atomic mass is 10.1. The maximum absolute atomic E-state index is 13.6. The van der Waals surface area contributed by atoms with E-state index in [1.807, 2.05) is 86.0 Å². The lowest BCUT2D eigenvalue weighted by Crippen LogP contribution is -2.23. The van der Waals surface area contributed by atoms with Crippen LogP contribution < -0.4 is 10.9 Å². The molecule has 1 atom stereocenters. The summed E-state index contributed by atoms with van der Waals surface area (Å²) in [7, 11) is 0. The minimum Gasteiger partial charge on any atom is -0.335 e. The molecular formula is C31H30BrN5O2. The van der Waals surface area contributed by atoms with Crippen molar-refractivity contribution in [2.24, 2.45) is 5.10 Å². The van der Waals surface area contributed by atoms with E-state index in [4.69, 9.17) is 10.1 Å². The van der Waals surface area contributed by atoms with Crippen LogP contribution in [0.1, 0.15) is 48.8 Å². The van der Waals surface area contributed by atoms with Gasteiger partial charge in [-0.1, -0.05) is 65.7 Å². The number of hydrogen-bond acceptors (Lipinski definition) is 4. The second-order valence-electron chi connectivity index (χ2n) is 9.82. The molecule has 8 heteroatoms. The number of amides is 1. The van der Waals surface area contributed by atoms with E-state index in [0.29, 0.717) is 16.7 Å². The van der Waals surface area contributed by atoms with Crippen molar-refractivity contribution in [3.05, 3.63) is 104 Å². The third kappa shape index (κ3) is 5.29. The first-order valence-electron chi connectivity index (χ1n) is 13.0. The Kier molecular flexibility index (Phi) is 7.48. The summed E-state index contributed by atoms with van der Waals surface area (Å²) >= 11 is 3.46. The molecule has 0 aliphatic rings.